The maximum Gasteiger partial charge on any atom is 0.335 e. The lowest BCUT2D eigenvalue weighted by atomic mass is 10.1. The number of pyridine rings is 1. The second kappa shape index (κ2) is 5.21. The number of benzene rings is 2. The second-order valence-electron chi connectivity index (χ2n) is 5.28. The highest BCUT2D eigenvalue weighted by Gasteiger charge is 2.19. The first kappa shape index (κ1) is 14.5. The molecule has 7 heteroatoms. The molecule has 0 fully saturated rings. The highest BCUT2D eigenvalue weighted by molar-refractivity contribution is 6.35. The van der Waals surface area contributed by atoms with Crippen LogP contribution in [0.3, 0.4) is 0 Å². The van der Waals surface area contributed by atoms with Gasteiger partial charge in [-0.25, -0.2) is 4.79 Å². The standard InChI is InChI=1S/C17H10ClN3O3/c18-13-3-1-2-11-14-12(8-19-15(11)13)16(22)21(20-14)10-6-4-9(5-7-10)17(23)24/h1-8,19H,(H,23,24). The molecule has 2 aromatic rings. The van der Waals surface area contributed by atoms with E-state index in [0.717, 1.165) is 5.39 Å². The number of aromatic amines is 1. The van der Waals surface area contributed by atoms with E-state index in [2.05, 4.69) is 10.1 Å². The number of hydrogen-bond donors (Lipinski definition) is 2. The van der Waals surface area contributed by atoms with Crippen LogP contribution in [0.2, 0.25) is 5.02 Å². The number of rotatable bonds is 2. The fourth-order valence-electron chi connectivity index (χ4n) is 2.68. The van der Waals surface area contributed by atoms with E-state index in [-0.39, 0.29) is 11.1 Å². The summed E-state index contributed by atoms with van der Waals surface area (Å²) < 4.78 is 1.25. The van der Waals surface area contributed by atoms with Crippen LogP contribution in [0, 0.1) is 0 Å². The third kappa shape index (κ3) is 2.08. The van der Waals surface area contributed by atoms with E-state index in [0.29, 0.717) is 27.5 Å². The smallest absolute Gasteiger partial charge is 0.335 e. The van der Waals surface area contributed by atoms with Gasteiger partial charge in [-0.3, -0.25) is 4.79 Å². The zero-order valence-electron chi connectivity index (χ0n) is 12.2. The quantitative estimate of drug-likeness (QED) is 0.587. The summed E-state index contributed by atoms with van der Waals surface area (Å²) in [5.74, 6) is -1.02. The van der Waals surface area contributed by atoms with Crippen molar-refractivity contribution in [2.24, 2.45) is 0 Å². The van der Waals surface area contributed by atoms with E-state index < -0.39 is 5.97 Å². The molecule has 0 aromatic heterocycles. The molecule has 0 aliphatic carbocycles. The number of H-pyrrole nitrogens is 1. The van der Waals surface area contributed by atoms with Gasteiger partial charge < -0.3 is 10.1 Å². The molecule has 2 aliphatic rings. The minimum absolute atomic E-state index is 0.147. The molecule has 0 radical (unpaired) electrons. The van der Waals surface area contributed by atoms with E-state index in [1.807, 2.05) is 6.07 Å². The number of carboxylic acid groups (broad SMARTS) is 1. The van der Waals surface area contributed by atoms with Crippen LogP contribution >= 0.6 is 11.6 Å². The minimum atomic E-state index is -1.02. The summed E-state index contributed by atoms with van der Waals surface area (Å²) >= 11 is 6.17. The van der Waals surface area contributed by atoms with Crippen LogP contribution in [0.1, 0.15) is 10.4 Å². The Kier molecular flexibility index (Phi) is 3.14. The maximum absolute atomic E-state index is 12.6. The second-order valence-corrected chi connectivity index (χ2v) is 5.69. The predicted molar refractivity (Wildman–Crippen MR) is 90.3 cm³/mol. The zero-order chi connectivity index (χ0) is 16.8. The first-order valence-corrected chi connectivity index (χ1v) is 7.46. The monoisotopic (exact) mass is 339 g/mol. The van der Waals surface area contributed by atoms with Gasteiger partial charge in [0.25, 0.3) is 5.56 Å². The fraction of sp³-hybridized carbons (Fsp3) is 0. The molecule has 6 nitrogen and oxygen atoms in total. The average molecular weight is 340 g/mol. The zero-order valence-corrected chi connectivity index (χ0v) is 12.9. The number of carboxylic acids is 1. The van der Waals surface area contributed by atoms with Crippen LogP contribution in [-0.2, 0) is 0 Å². The molecule has 0 spiro atoms. The number of fused-ring (bicyclic) bond motifs is 3. The number of aromatic carboxylic acids is 1. The summed E-state index contributed by atoms with van der Waals surface area (Å²) in [7, 11) is 0. The molecule has 0 atom stereocenters. The van der Waals surface area contributed by atoms with Crippen molar-refractivity contribution in [2.45, 2.75) is 0 Å². The molecule has 0 saturated heterocycles. The highest BCUT2D eigenvalue weighted by Crippen LogP contribution is 2.29. The topological polar surface area (TPSA) is 88.0 Å². The van der Waals surface area contributed by atoms with Gasteiger partial charge >= 0.3 is 5.97 Å². The summed E-state index contributed by atoms with van der Waals surface area (Å²) in [6.07, 6.45) is 1.58. The number of halogens is 1. The van der Waals surface area contributed by atoms with Gasteiger partial charge in [0.15, 0.2) is 0 Å². The van der Waals surface area contributed by atoms with E-state index in [4.69, 9.17) is 16.7 Å². The number of hydrogen-bond acceptors (Lipinski definition) is 3. The van der Waals surface area contributed by atoms with Crippen LogP contribution in [0.5, 0.6) is 0 Å². The third-order valence-corrected chi connectivity index (χ3v) is 4.18. The highest BCUT2D eigenvalue weighted by atomic mass is 35.5. The normalized spacial score (nSPS) is 11.2. The summed E-state index contributed by atoms with van der Waals surface area (Å²) in [4.78, 5) is 26.6. The number of carbonyl (C=O) groups is 1. The summed E-state index contributed by atoms with van der Waals surface area (Å²) in [5, 5.41) is 14.7. The van der Waals surface area contributed by atoms with Gasteiger partial charge in [-0.15, -0.1) is 0 Å². The van der Waals surface area contributed by atoms with E-state index in [1.54, 1.807) is 30.5 Å². The van der Waals surface area contributed by atoms with Gasteiger partial charge in [-0.05, 0) is 30.3 Å². The molecule has 118 valence electrons. The fourth-order valence-corrected chi connectivity index (χ4v) is 2.91. The van der Waals surface area contributed by atoms with Crippen molar-refractivity contribution in [3.8, 4) is 16.9 Å². The molecule has 2 aliphatic heterocycles. The largest absolute Gasteiger partial charge is 0.478 e. The first-order valence-electron chi connectivity index (χ1n) is 7.08. The predicted octanol–water partition coefficient (Wildman–Crippen LogP) is 3.17. The van der Waals surface area contributed by atoms with E-state index >= 15 is 0 Å². The first-order chi connectivity index (χ1) is 11.6. The van der Waals surface area contributed by atoms with Gasteiger partial charge in [0.05, 0.1) is 27.4 Å². The van der Waals surface area contributed by atoms with E-state index in [9.17, 15) is 9.59 Å². The lowest BCUT2D eigenvalue weighted by Gasteiger charge is -2.03. The van der Waals surface area contributed by atoms with Crippen molar-refractivity contribution < 1.29 is 9.90 Å². The van der Waals surface area contributed by atoms with Crippen LogP contribution in [0.4, 0.5) is 0 Å². The molecule has 0 bridgehead atoms. The summed E-state index contributed by atoms with van der Waals surface area (Å²) in [6, 6.07) is 11.4. The van der Waals surface area contributed by atoms with Crippen molar-refractivity contribution in [1.29, 1.82) is 0 Å². The molecule has 0 unspecified atom stereocenters. The Balaban J connectivity index is 1.97. The van der Waals surface area contributed by atoms with Crippen molar-refractivity contribution in [2.75, 3.05) is 0 Å². The van der Waals surface area contributed by atoms with Gasteiger partial charge in [0.1, 0.15) is 5.69 Å². The molecule has 2 aromatic carbocycles. The number of nitrogens with zero attached hydrogens (tertiary/aromatic N) is 2. The van der Waals surface area contributed by atoms with Crippen LogP contribution < -0.4 is 5.56 Å². The number of para-hydroxylation sites is 1. The van der Waals surface area contributed by atoms with Crippen molar-refractivity contribution in [1.82, 2.24) is 14.8 Å². The Morgan fingerprint density at radius 3 is 2.62 bits per heavy atom. The van der Waals surface area contributed by atoms with E-state index in [1.165, 1.54) is 16.8 Å². The molecule has 24 heavy (non-hydrogen) atoms. The Morgan fingerprint density at radius 2 is 1.92 bits per heavy atom. The van der Waals surface area contributed by atoms with Gasteiger partial charge in [0, 0.05) is 11.6 Å². The molecule has 0 saturated carbocycles. The molecule has 4 rings (SSSR count). The number of nitrogens with one attached hydrogen (secondary N) is 1. The Morgan fingerprint density at radius 1 is 1.17 bits per heavy atom. The van der Waals surface area contributed by atoms with Crippen molar-refractivity contribution in [3.63, 3.8) is 0 Å². The molecular weight excluding hydrogens is 330 g/mol. The van der Waals surface area contributed by atoms with Crippen LogP contribution in [-0.4, -0.2) is 25.8 Å². The van der Waals surface area contributed by atoms with Crippen molar-refractivity contribution >= 4 is 28.5 Å². The minimum Gasteiger partial charge on any atom is -0.478 e. The molecule has 0 amide bonds. The van der Waals surface area contributed by atoms with Gasteiger partial charge in [-0.2, -0.15) is 9.78 Å². The lowest BCUT2D eigenvalue weighted by Crippen LogP contribution is -2.14. The Bertz CT molecular complexity index is 1110. The van der Waals surface area contributed by atoms with Gasteiger partial charge in [0.2, 0.25) is 0 Å². The summed E-state index contributed by atoms with van der Waals surface area (Å²) in [5.41, 5.74) is 2.04. The lowest BCUT2D eigenvalue weighted by molar-refractivity contribution is 0.0697. The Hall–Kier alpha value is -3.12. The molecule has 2 heterocycles. The third-order valence-electron chi connectivity index (χ3n) is 3.87. The molecule has 2 N–H and O–H groups in total. The SMILES string of the molecule is O=C(O)c1ccc(-n2nc3c4cccc(Cl)c4[nH]cc-3c2=O)cc1. The average Bonchev–Trinajstić information content (AvgIpc) is 2.93. The molecular formula is C17H10ClN3O3. The summed E-state index contributed by atoms with van der Waals surface area (Å²) in [6.45, 7) is 0. The van der Waals surface area contributed by atoms with Crippen molar-refractivity contribution in [3.05, 3.63) is 69.6 Å². The van der Waals surface area contributed by atoms with Crippen LogP contribution in [0.15, 0.2) is 53.5 Å². The van der Waals surface area contributed by atoms with Gasteiger partial charge in [-0.1, -0.05) is 23.7 Å². The number of aromatic nitrogens is 3. The Labute approximate surface area is 140 Å². The maximum atomic E-state index is 12.6. The van der Waals surface area contributed by atoms with Crippen LogP contribution in [0.25, 0.3) is 27.8 Å².